The highest BCUT2D eigenvalue weighted by Gasteiger charge is 2.24. The Hall–Kier alpha value is -0.940. The fourth-order valence-electron chi connectivity index (χ4n) is 2.46. The van der Waals surface area contributed by atoms with Crippen molar-refractivity contribution in [2.75, 3.05) is 19.8 Å². The van der Waals surface area contributed by atoms with Gasteiger partial charge in [0.1, 0.15) is 0 Å². The summed E-state index contributed by atoms with van der Waals surface area (Å²) in [5, 5.41) is 11.7. The summed E-state index contributed by atoms with van der Waals surface area (Å²) in [6, 6.07) is 0.456. The number of aromatic nitrogens is 3. The third-order valence-electron chi connectivity index (χ3n) is 3.31. The van der Waals surface area contributed by atoms with Crippen LogP contribution in [0.25, 0.3) is 0 Å². The first-order valence-electron chi connectivity index (χ1n) is 6.46. The summed E-state index contributed by atoms with van der Waals surface area (Å²) in [6.07, 6.45) is 5.36. The summed E-state index contributed by atoms with van der Waals surface area (Å²) >= 11 is 0. The van der Waals surface area contributed by atoms with Crippen LogP contribution in [0.5, 0.6) is 0 Å². The molecular weight excluding hydrogens is 216 g/mol. The summed E-state index contributed by atoms with van der Waals surface area (Å²) in [4.78, 5) is 0. The number of nitrogens with one attached hydrogen (secondary N) is 1. The predicted octanol–water partition coefficient (Wildman–Crippen LogP) is 0.762. The molecule has 5 heteroatoms. The lowest BCUT2D eigenvalue weighted by atomic mass is 9.91. The first kappa shape index (κ1) is 12.5. The van der Waals surface area contributed by atoms with Gasteiger partial charge in [-0.1, -0.05) is 12.1 Å². The van der Waals surface area contributed by atoms with E-state index in [-0.39, 0.29) is 0 Å². The van der Waals surface area contributed by atoms with Crippen molar-refractivity contribution >= 4 is 0 Å². The largest absolute Gasteiger partial charge is 0.381 e. The third kappa shape index (κ3) is 3.51. The van der Waals surface area contributed by atoms with Crippen LogP contribution in [0.15, 0.2) is 6.20 Å². The molecule has 0 aromatic carbocycles. The van der Waals surface area contributed by atoms with Crippen LogP contribution in [0, 0.1) is 5.92 Å². The Bertz CT molecular complexity index is 333. The van der Waals surface area contributed by atoms with Gasteiger partial charge >= 0.3 is 0 Å². The van der Waals surface area contributed by atoms with Crippen LogP contribution in [-0.2, 0) is 18.2 Å². The second-order valence-electron chi connectivity index (χ2n) is 4.73. The summed E-state index contributed by atoms with van der Waals surface area (Å²) in [5.74, 6) is 0.603. The molecule has 0 radical (unpaired) electrons. The quantitative estimate of drug-likeness (QED) is 0.823. The first-order valence-corrected chi connectivity index (χ1v) is 6.46. The number of likely N-dealkylation sites (N-methyl/N-ethyl adjacent to an activating group) is 1. The number of ether oxygens (including phenoxy) is 1. The molecule has 1 saturated heterocycles. The van der Waals surface area contributed by atoms with Gasteiger partial charge in [-0.25, -0.2) is 0 Å². The molecule has 0 saturated carbocycles. The zero-order valence-corrected chi connectivity index (χ0v) is 10.7. The molecule has 2 heterocycles. The predicted molar refractivity (Wildman–Crippen MR) is 65.7 cm³/mol. The number of hydrogen-bond donors (Lipinski definition) is 1. The van der Waals surface area contributed by atoms with Crippen molar-refractivity contribution < 1.29 is 4.74 Å². The van der Waals surface area contributed by atoms with E-state index >= 15 is 0 Å². The van der Waals surface area contributed by atoms with Gasteiger partial charge in [0.05, 0.1) is 12.3 Å². The van der Waals surface area contributed by atoms with Gasteiger partial charge in [0.15, 0.2) is 0 Å². The average Bonchev–Trinajstić information content (AvgIpc) is 2.75. The summed E-state index contributed by atoms with van der Waals surface area (Å²) in [7, 11) is 1.91. The molecule has 0 aliphatic carbocycles. The molecular formula is C12H22N4O. The molecule has 2 atom stereocenters. The van der Waals surface area contributed by atoms with E-state index in [0.717, 1.165) is 31.9 Å². The number of nitrogens with zero attached hydrogens (tertiary/aromatic N) is 3. The second kappa shape index (κ2) is 6.12. The highest BCUT2D eigenvalue weighted by molar-refractivity contribution is 4.97. The van der Waals surface area contributed by atoms with Crippen molar-refractivity contribution in [3.8, 4) is 0 Å². The number of aryl methyl sites for hydroxylation is 1. The Morgan fingerprint density at radius 2 is 2.53 bits per heavy atom. The van der Waals surface area contributed by atoms with E-state index in [0.29, 0.717) is 12.0 Å². The van der Waals surface area contributed by atoms with Crippen LogP contribution in [0.3, 0.4) is 0 Å². The molecule has 5 nitrogen and oxygen atoms in total. The van der Waals surface area contributed by atoms with E-state index in [1.165, 1.54) is 12.8 Å². The lowest BCUT2D eigenvalue weighted by Crippen LogP contribution is -2.41. The molecule has 1 aliphatic heterocycles. The molecule has 1 aromatic heterocycles. The molecule has 0 bridgehead atoms. The van der Waals surface area contributed by atoms with Crippen LogP contribution < -0.4 is 5.32 Å². The maximum absolute atomic E-state index is 5.57. The van der Waals surface area contributed by atoms with Crippen LogP contribution in [0.2, 0.25) is 0 Å². The Labute approximate surface area is 103 Å². The SMILES string of the molecule is CCNC(Cc1cn(C)nn1)C1CCCOC1. The molecule has 1 aromatic rings. The molecule has 96 valence electrons. The van der Waals surface area contributed by atoms with Crippen LogP contribution in [-0.4, -0.2) is 40.8 Å². The van der Waals surface area contributed by atoms with E-state index in [9.17, 15) is 0 Å². The molecule has 1 N–H and O–H groups in total. The van der Waals surface area contributed by atoms with Crippen LogP contribution in [0.4, 0.5) is 0 Å². The lowest BCUT2D eigenvalue weighted by Gasteiger charge is -2.30. The van der Waals surface area contributed by atoms with Gasteiger partial charge in [-0.15, -0.1) is 5.10 Å². The number of hydrogen-bond acceptors (Lipinski definition) is 4. The van der Waals surface area contributed by atoms with Crippen LogP contribution >= 0.6 is 0 Å². The minimum atomic E-state index is 0.456. The Kier molecular flexibility index (Phi) is 4.50. The fraction of sp³-hybridized carbons (Fsp3) is 0.833. The highest BCUT2D eigenvalue weighted by Crippen LogP contribution is 2.19. The van der Waals surface area contributed by atoms with E-state index in [2.05, 4.69) is 22.6 Å². The average molecular weight is 238 g/mol. The zero-order chi connectivity index (χ0) is 12.1. The van der Waals surface area contributed by atoms with E-state index in [1.807, 2.05) is 13.2 Å². The Morgan fingerprint density at radius 1 is 1.65 bits per heavy atom. The molecule has 0 spiro atoms. The fourth-order valence-corrected chi connectivity index (χ4v) is 2.46. The second-order valence-corrected chi connectivity index (χ2v) is 4.73. The third-order valence-corrected chi connectivity index (χ3v) is 3.31. The van der Waals surface area contributed by atoms with Crippen molar-refractivity contribution in [1.82, 2.24) is 20.3 Å². The van der Waals surface area contributed by atoms with Gasteiger partial charge in [-0.3, -0.25) is 4.68 Å². The van der Waals surface area contributed by atoms with Gasteiger partial charge in [0.2, 0.25) is 0 Å². The highest BCUT2D eigenvalue weighted by atomic mass is 16.5. The Balaban J connectivity index is 1.95. The van der Waals surface area contributed by atoms with Gasteiger partial charge in [0, 0.05) is 32.3 Å². The van der Waals surface area contributed by atoms with Gasteiger partial charge in [-0.2, -0.15) is 0 Å². The summed E-state index contributed by atoms with van der Waals surface area (Å²) in [6.45, 7) is 4.92. The normalized spacial score (nSPS) is 22.6. The smallest absolute Gasteiger partial charge is 0.0842 e. The molecule has 17 heavy (non-hydrogen) atoms. The van der Waals surface area contributed by atoms with Gasteiger partial charge in [0.25, 0.3) is 0 Å². The van der Waals surface area contributed by atoms with Crippen molar-refractivity contribution in [2.45, 2.75) is 32.2 Å². The topological polar surface area (TPSA) is 52.0 Å². The van der Waals surface area contributed by atoms with Crippen molar-refractivity contribution in [3.05, 3.63) is 11.9 Å². The molecule has 1 fully saturated rings. The van der Waals surface area contributed by atoms with E-state index < -0.39 is 0 Å². The standard InChI is InChI=1S/C12H22N4O/c1-3-13-12(10-5-4-6-17-9-10)7-11-8-16(2)15-14-11/h8,10,12-13H,3-7,9H2,1-2H3. The summed E-state index contributed by atoms with van der Waals surface area (Å²) in [5.41, 5.74) is 1.06. The van der Waals surface area contributed by atoms with E-state index in [1.54, 1.807) is 4.68 Å². The molecule has 0 amide bonds. The minimum absolute atomic E-state index is 0.456. The lowest BCUT2D eigenvalue weighted by molar-refractivity contribution is 0.0394. The minimum Gasteiger partial charge on any atom is -0.381 e. The Morgan fingerprint density at radius 3 is 3.12 bits per heavy atom. The maximum Gasteiger partial charge on any atom is 0.0842 e. The maximum atomic E-state index is 5.57. The molecule has 1 aliphatic rings. The molecule has 2 unspecified atom stereocenters. The van der Waals surface area contributed by atoms with Crippen LogP contribution in [0.1, 0.15) is 25.5 Å². The molecule has 2 rings (SSSR count). The van der Waals surface area contributed by atoms with Crippen molar-refractivity contribution in [2.24, 2.45) is 13.0 Å². The van der Waals surface area contributed by atoms with Gasteiger partial charge in [-0.05, 0) is 25.3 Å². The van der Waals surface area contributed by atoms with Crippen molar-refractivity contribution in [1.29, 1.82) is 0 Å². The number of rotatable bonds is 5. The first-order chi connectivity index (χ1) is 8.29. The zero-order valence-electron chi connectivity index (χ0n) is 10.7. The summed E-state index contributed by atoms with van der Waals surface area (Å²) < 4.78 is 7.33. The van der Waals surface area contributed by atoms with E-state index in [4.69, 9.17) is 4.74 Å². The van der Waals surface area contributed by atoms with Crippen molar-refractivity contribution in [3.63, 3.8) is 0 Å². The van der Waals surface area contributed by atoms with Gasteiger partial charge < -0.3 is 10.1 Å². The monoisotopic (exact) mass is 238 g/mol.